The molecule has 1 unspecified atom stereocenters. The summed E-state index contributed by atoms with van der Waals surface area (Å²) in [5.41, 5.74) is 1.08. The van der Waals surface area contributed by atoms with Crippen molar-refractivity contribution >= 4 is 44.1 Å². The largest absolute Gasteiger partial charge is 0.467 e. The maximum atomic E-state index is 13.7. The third-order valence-electron chi connectivity index (χ3n) is 5.63. The van der Waals surface area contributed by atoms with Crippen molar-refractivity contribution in [3.05, 3.63) is 116 Å². The van der Waals surface area contributed by atoms with E-state index >= 15 is 0 Å². The highest BCUT2D eigenvalue weighted by atomic mass is 79.9. The van der Waals surface area contributed by atoms with Crippen molar-refractivity contribution in [3.63, 3.8) is 0 Å². The lowest BCUT2D eigenvalue weighted by Crippen LogP contribution is -2.36. The van der Waals surface area contributed by atoms with Crippen LogP contribution in [0.4, 0.5) is 0 Å². The molecule has 0 radical (unpaired) electrons. The Balaban J connectivity index is 1.70. The van der Waals surface area contributed by atoms with Crippen molar-refractivity contribution in [1.29, 1.82) is 0 Å². The summed E-state index contributed by atoms with van der Waals surface area (Å²) >= 11 is 4.83. The number of thiophene rings is 1. The van der Waals surface area contributed by atoms with Crippen molar-refractivity contribution in [3.8, 4) is 5.69 Å². The summed E-state index contributed by atoms with van der Waals surface area (Å²) in [6, 6.07) is 21.5. The second-order valence-electron chi connectivity index (χ2n) is 7.77. The number of para-hydroxylation sites is 1. The zero-order valence-electron chi connectivity index (χ0n) is 18.2. The first-order valence-corrected chi connectivity index (χ1v) is 12.3. The molecule has 6 nitrogen and oxygen atoms in total. The lowest BCUT2D eigenvalue weighted by Gasteiger charge is -2.29. The SMILES string of the molecule is CC(c1nc2ccccc2c(=O)n1-c1ccc(Br)cc1)N(Cc1ccco1)C(=O)c1cccs1. The predicted molar refractivity (Wildman–Crippen MR) is 136 cm³/mol. The number of furan rings is 1. The molecule has 0 saturated carbocycles. The van der Waals surface area contributed by atoms with Crippen molar-refractivity contribution in [2.24, 2.45) is 0 Å². The summed E-state index contributed by atoms with van der Waals surface area (Å²) in [6.45, 7) is 2.13. The highest BCUT2D eigenvalue weighted by molar-refractivity contribution is 9.10. The number of carbonyl (C=O) groups is 1. The van der Waals surface area contributed by atoms with Crippen LogP contribution in [0.25, 0.3) is 16.6 Å². The summed E-state index contributed by atoms with van der Waals surface area (Å²) in [5, 5.41) is 2.39. The standard InChI is InChI=1S/C26H20BrN3O3S/c1-17(29(16-20-6-4-14-33-20)26(32)23-9-5-15-34-23)24-28-22-8-3-2-7-21(22)25(31)30(24)19-12-10-18(27)11-13-19/h2-15,17H,16H2,1H3. The molecule has 1 amide bonds. The first-order valence-electron chi connectivity index (χ1n) is 10.7. The average molecular weight is 534 g/mol. The van der Waals surface area contributed by atoms with Gasteiger partial charge < -0.3 is 9.32 Å². The van der Waals surface area contributed by atoms with Crippen molar-refractivity contribution in [1.82, 2.24) is 14.5 Å². The Morgan fingerprint density at radius 3 is 2.59 bits per heavy atom. The van der Waals surface area contributed by atoms with Gasteiger partial charge in [0.1, 0.15) is 11.6 Å². The van der Waals surface area contributed by atoms with E-state index in [0.29, 0.717) is 33.1 Å². The zero-order chi connectivity index (χ0) is 23.7. The fraction of sp³-hybridized carbons (Fsp3) is 0.115. The summed E-state index contributed by atoms with van der Waals surface area (Å²) in [4.78, 5) is 34.4. The van der Waals surface area contributed by atoms with Crippen LogP contribution in [-0.4, -0.2) is 20.4 Å². The topological polar surface area (TPSA) is 68.3 Å². The minimum Gasteiger partial charge on any atom is -0.467 e. The van der Waals surface area contributed by atoms with E-state index in [9.17, 15) is 9.59 Å². The van der Waals surface area contributed by atoms with Gasteiger partial charge in [0.15, 0.2) is 0 Å². The summed E-state index contributed by atoms with van der Waals surface area (Å²) in [7, 11) is 0. The molecule has 0 saturated heterocycles. The first kappa shape index (κ1) is 22.3. The Morgan fingerprint density at radius 1 is 1.09 bits per heavy atom. The molecule has 1 atom stereocenters. The van der Waals surface area contributed by atoms with Gasteiger partial charge in [-0.25, -0.2) is 4.98 Å². The smallest absolute Gasteiger partial charge is 0.266 e. The highest BCUT2D eigenvalue weighted by Gasteiger charge is 2.29. The number of nitrogens with zero attached hydrogens (tertiary/aromatic N) is 3. The van der Waals surface area contributed by atoms with Crippen molar-refractivity contribution in [2.45, 2.75) is 19.5 Å². The van der Waals surface area contributed by atoms with Crippen LogP contribution < -0.4 is 5.56 Å². The maximum Gasteiger partial charge on any atom is 0.266 e. The second kappa shape index (κ2) is 9.40. The Morgan fingerprint density at radius 2 is 1.88 bits per heavy atom. The van der Waals surface area contributed by atoms with E-state index in [4.69, 9.17) is 9.40 Å². The number of carbonyl (C=O) groups excluding carboxylic acids is 1. The third-order valence-corrected chi connectivity index (χ3v) is 7.01. The molecule has 3 aromatic heterocycles. The van der Waals surface area contributed by atoms with Gasteiger partial charge in [-0.05, 0) is 66.9 Å². The number of hydrogen-bond donors (Lipinski definition) is 0. The van der Waals surface area contributed by atoms with Gasteiger partial charge >= 0.3 is 0 Å². The van der Waals surface area contributed by atoms with Gasteiger partial charge in [-0.3, -0.25) is 14.2 Å². The van der Waals surface area contributed by atoms with Crippen LogP contribution in [0.5, 0.6) is 0 Å². The lowest BCUT2D eigenvalue weighted by atomic mass is 10.1. The number of amides is 1. The van der Waals surface area contributed by atoms with E-state index in [-0.39, 0.29) is 18.0 Å². The van der Waals surface area contributed by atoms with E-state index in [0.717, 1.165) is 4.47 Å². The molecule has 5 aromatic rings. The Hall–Kier alpha value is -3.49. The average Bonchev–Trinajstić information content (AvgIpc) is 3.57. The number of benzene rings is 2. The molecule has 170 valence electrons. The molecule has 0 aliphatic rings. The number of fused-ring (bicyclic) bond motifs is 1. The molecule has 0 aliphatic carbocycles. The van der Waals surface area contributed by atoms with Gasteiger partial charge in [-0.1, -0.05) is 34.1 Å². The summed E-state index contributed by atoms with van der Waals surface area (Å²) < 4.78 is 8.05. The minimum atomic E-state index is -0.527. The van der Waals surface area contributed by atoms with E-state index in [1.54, 1.807) is 33.9 Å². The molecule has 0 aliphatic heterocycles. The first-order chi connectivity index (χ1) is 16.5. The minimum absolute atomic E-state index is 0.149. The monoisotopic (exact) mass is 533 g/mol. The predicted octanol–water partition coefficient (Wildman–Crippen LogP) is 6.21. The zero-order valence-corrected chi connectivity index (χ0v) is 20.6. The van der Waals surface area contributed by atoms with Crippen molar-refractivity contribution < 1.29 is 9.21 Å². The molecule has 0 spiro atoms. The third kappa shape index (κ3) is 4.22. The Bertz CT molecular complexity index is 1490. The van der Waals surface area contributed by atoms with Gasteiger partial charge in [-0.2, -0.15) is 0 Å². The van der Waals surface area contributed by atoms with Gasteiger partial charge in [0.05, 0.1) is 40.3 Å². The van der Waals surface area contributed by atoms with Crippen LogP contribution in [0, 0.1) is 0 Å². The van der Waals surface area contributed by atoms with Crippen LogP contribution in [0.3, 0.4) is 0 Å². The molecule has 8 heteroatoms. The van der Waals surface area contributed by atoms with Crippen LogP contribution >= 0.6 is 27.3 Å². The lowest BCUT2D eigenvalue weighted by molar-refractivity contribution is 0.0653. The van der Waals surface area contributed by atoms with Gasteiger partial charge in [0.2, 0.25) is 0 Å². The molecular formula is C26H20BrN3O3S. The fourth-order valence-electron chi connectivity index (χ4n) is 3.91. The molecule has 0 fully saturated rings. The van der Waals surface area contributed by atoms with Crippen LogP contribution in [0.1, 0.15) is 34.2 Å². The Kier molecular flexibility index (Phi) is 6.17. The molecule has 0 N–H and O–H groups in total. The fourth-order valence-corrected chi connectivity index (χ4v) is 4.85. The molecular weight excluding hydrogens is 514 g/mol. The summed E-state index contributed by atoms with van der Waals surface area (Å²) in [5.74, 6) is 0.973. The van der Waals surface area contributed by atoms with E-state index < -0.39 is 6.04 Å². The van der Waals surface area contributed by atoms with E-state index in [1.807, 2.05) is 66.9 Å². The Labute approximate surface area is 208 Å². The number of hydrogen-bond acceptors (Lipinski definition) is 5. The maximum absolute atomic E-state index is 13.7. The molecule has 0 bridgehead atoms. The highest BCUT2D eigenvalue weighted by Crippen LogP contribution is 2.27. The summed E-state index contributed by atoms with van der Waals surface area (Å²) in [6.07, 6.45) is 1.58. The van der Waals surface area contributed by atoms with Gasteiger partial charge in [-0.15, -0.1) is 11.3 Å². The number of rotatable bonds is 6. The van der Waals surface area contributed by atoms with Gasteiger partial charge in [0, 0.05) is 4.47 Å². The van der Waals surface area contributed by atoms with Crippen LogP contribution in [-0.2, 0) is 6.54 Å². The van der Waals surface area contributed by atoms with Crippen LogP contribution in [0.15, 0.2) is 98.1 Å². The van der Waals surface area contributed by atoms with Crippen molar-refractivity contribution in [2.75, 3.05) is 0 Å². The normalized spacial score (nSPS) is 12.1. The van der Waals surface area contributed by atoms with E-state index in [1.165, 1.54) is 11.3 Å². The molecule has 5 rings (SSSR count). The second-order valence-corrected chi connectivity index (χ2v) is 9.63. The van der Waals surface area contributed by atoms with E-state index in [2.05, 4.69) is 15.9 Å². The van der Waals surface area contributed by atoms with Crippen LogP contribution in [0.2, 0.25) is 0 Å². The number of aromatic nitrogens is 2. The molecule has 3 heterocycles. The van der Waals surface area contributed by atoms with Gasteiger partial charge in [0.25, 0.3) is 11.5 Å². The molecule has 2 aromatic carbocycles. The molecule has 34 heavy (non-hydrogen) atoms. The quantitative estimate of drug-likeness (QED) is 0.260. The number of halogens is 1.